The number of fused-ring (bicyclic) bond motifs is 1. The van der Waals surface area contributed by atoms with Crippen molar-refractivity contribution in [1.82, 2.24) is 9.55 Å². The number of nitrogens with two attached hydrogens (primary N) is 1. The fourth-order valence-corrected chi connectivity index (χ4v) is 2.68. The van der Waals surface area contributed by atoms with Crippen molar-refractivity contribution < 1.29 is 14.3 Å². The van der Waals surface area contributed by atoms with Crippen molar-refractivity contribution in [1.29, 1.82) is 0 Å². The maximum atomic E-state index is 12.2. The number of primary amides is 1. The molecule has 6 nitrogen and oxygen atoms in total. The summed E-state index contributed by atoms with van der Waals surface area (Å²) < 4.78 is 7.23. The normalized spacial score (nSPS) is 10.8. The molecule has 3 aromatic rings. The predicted molar refractivity (Wildman–Crippen MR) is 93.9 cm³/mol. The van der Waals surface area contributed by atoms with Crippen LogP contribution in [0.5, 0.6) is 0 Å². The first-order valence-electron chi connectivity index (χ1n) is 8.07. The molecular weight excluding hydrogens is 318 g/mol. The lowest BCUT2D eigenvalue weighted by Crippen LogP contribution is -2.15. The average molecular weight is 337 g/mol. The molecule has 0 saturated heterocycles. The van der Waals surface area contributed by atoms with Gasteiger partial charge in [-0.05, 0) is 29.8 Å². The molecule has 128 valence electrons. The van der Waals surface area contributed by atoms with E-state index in [4.69, 9.17) is 10.5 Å². The number of aryl methyl sites for hydroxylation is 1. The maximum absolute atomic E-state index is 12.2. The Morgan fingerprint density at radius 1 is 1.12 bits per heavy atom. The molecule has 0 aliphatic rings. The molecule has 0 aliphatic heterocycles. The number of benzene rings is 2. The summed E-state index contributed by atoms with van der Waals surface area (Å²) in [4.78, 5) is 27.8. The number of imidazole rings is 1. The van der Waals surface area contributed by atoms with Gasteiger partial charge in [-0.3, -0.25) is 9.59 Å². The van der Waals surface area contributed by atoms with E-state index in [1.807, 2.05) is 35.8 Å². The Labute approximate surface area is 145 Å². The van der Waals surface area contributed by atoms with Crippen molar-refractivity contribution >= 4 is 22.9 Å². The predicted octanol–water partition coefficient (Wildman–Crippen LogP) is 2.44. The number of carbonyl (C=O) groups excluding carboxylic acids is 2. The molecule has 0 radical (unpaired) electrons. The molecule has 0 atom stereocenters. The highest BCUT2D eigenvalue weighted by Crippen LogP contribution is 2.16. The van der Waals surface area contributed by atoms with Crippen LogP contribution in [0.25, 0.3) is 11.0 Å². The van der Waals surface area contributed by atoms with Crippen LogP contribution in [0, 0.1) is 0 Å². The molecule has 0 spiro atoms. The van der Waals surface area contributed by atoms with Crippen molar-refractivity contribution in [2.45, 2.75) is 26.5 Å². The molecule has 3 rings (SSSR count). The van der Waals surface area contributed by atoms with Crippen LogP contribution in [0.4, 0.5) is 0 Å². The molecule has 0 unspecified atom stereocenters. The second-order valence-corrected chi connectivity index (χ2v) is 5.68. The van der Waals surface area contributed by atoms with Crippen molar-refractivity contribution in [2.24, 2.45) is 5.73 Å². The Balaban J connectivity index is 1.67. The molecule has 25 heavy (non-hydrogen) atoms. The van der Waals surface area contributed by atoms with Crippen LogP contribution < -0.4 is 5.73 Å². The fraction of sp³-hybridized carbons (Fsp3) is 0.211. The first-order valence-corrected chi connectivity index (χ1v) is 8.07. The molecule has 0 saturated carbocycles. The third kappa shape index (κ3) is 3.68. The smallest absolute Gasteiger partial charge is 0.326 e. The van der Waals surface area contributed by atoms with Crippen LogP contribution in [0.3, 0.4) is 0 Å². The monoisotopic (exact) mass is 337 g/mol. The minimum Gasteiger partial charge on any atom is -0.459 e. The second-order valence-electron chi connectivity index (χ2n) is 5.68. The molecule has 0 fully saturated rings. The number of rotatable bonds is 6. The van der Waals surface area contributed by atoms with Gasteiger partial charge >= 0.3 is 5.97 Å². The van der Waals surface area contributed by atoms with Gasteiger partial charge in [-0.2, -0.15) is 0 Å². The van der Waals surface area contributed by atoms with E-state index in [-0.39, 0.29) is 19.1 Å². The van der Waals surface area contributed by atoms with Gasteiger partial charge in [0.2, 0.25) is 5.91 Å². The SMILES string of the molecule is CCc1nc2ccccc2n1CC(=O)OCc1ccc(C(N)=O)cc1. The Kier molecular flexibility index (Phi) is 4.79. The van der Waals surface area contributed by atoms with Gasteiger partial charge < -0.3 is 15.0 Å². The van der Waals surface area contributed by atoms with Gasteiger partial charge in [0.1, 0.15) is 19.0 Å². The number of carbonyl (C=O) groups is 2. The minimum atomic E-state index is -0.484. The summed E-state index contributed by atoms with van der Waals surface area (Å²) in [6.45, 7) is 2.26. The zero-order valence-electron chi connectivity index (χ0n) is 13.9. The first kappa shape index (κ1) is 16.7. The minimum absolute atomic E-state index is 0.114. The standard InChI is InChI=1S/C19H19N3O3/c1-2-17-21-15-5-3-4-6-16(15)22(17)11-18(23)25-12-13-7-9-14(10-8-13)19(20)24/h3-10H,2,11-12H2,1H3,(H2,20,24). The van der Waals surface area contributed by atoms with E-state index < -0.39 is 5.91 Å². The zero-order valence-corrected chi connectivity index (χ0v) is 13.9. The summed E-state index contributed by atoms with van der Waals surface area (Å²) in [5, 5.41) is 0. The van der Waals surface area contributed by atoms with E-state index in [0.29, 0.717) is 5.56 Å². The second kappa shape index (κ2) is 7.17. The van der Waals surface area contributed by atoms with Crippen molar-refractivity contribution in [2.75, 3.05) is 0 Å². The third-order valence-corrected chi connectivity index (χ3v) is 3.98. The van der Waals surface area contributed by atoms with E-state index in [1.165, 1.54) is 0 Å². The lowest BCUT2D eigenvalue weighted by atomic mass is 10.1. The molecule has 0 aliphatic carbocycles. The highest BCUT2D eigenvalue weighted by molar-refractivity contribution is 5.92. The lowest BCUT2D eigenvalue weighted by Gasteiger charge is -2.09. The molecular formula is C19H19N3O3. The molecule has 1 amide bonds. The van der Waals surface area contributed by atoms with Crippen LogP contribution in [-0.4, -0.2) is 21.4 Å². The molecule has 1 heterocycles. The zero-order chi connectivity index (χ0) is 17.8. The van der Waals surface area contributed by atoms with E-state index in [9.17, 15) is 9.59 Å². The van der Waals surface area contributed by atoms with Crippen LogP contribution in [0.15, 0.2) is 48.5 Å². The summed E-state index contributed by atoms with van der Waals surface area (Å²) in [7, 11) is 0. The molecule has 2 aromatic carbocycles. The fourth-order valence-electron chi connectivity index (χ4n) is 2.68. The summed E-state index contributed by atoms with van der Waals surface area (Å²) in [6, 6.07) is 14.4. The van der Waals surface area contributed by atoms with Gasteiger partial charge in [0.05, 0.1) is 11.0 Å². The van der Waals surface area contributed by atoms with Crippen molar-refractivity contribution in [3.05, 3.63) is 65.5 Å². The van der Waals surface area contributed by atoms with Gasteiger partial charge in [-0.1, -0.05) is 31.2 Å². The van der Waals surface area contributed by atoms with Gasteiger partial charge in [-0.15, -0.1) is 0 Å². The topological polar surface area (TPSA) is 87.2 Å². The van der Waals surface area contributed by atoms with E-state index in [0.717, 1.165) is 28.8 Å². The number of nitrogens with zero attached hydrogens (tertiary/aromatic N) is 2. The summed E-state index contributed by atoms with van der Waals surface area (Å²) >= 11 is 0. The third-order valence-electron chi connectivity index (χ3n) is 3.98. The Hall–Kier alpha value is -3.15. The Morgan fingerprint density at radius 3 is 2.52 bits per heavy atom. The number of esters is 1. The van der Waals surface area contributed by atoms with E-state index in [1.54, 1.807) is 24.3 Å². The Morgan fingerprint density at radius 2 is 1.84 bits per heavy atom. The highest BCUT2D eigenvalue weighted by atomic mass is 16.5. The molecule has 1 aromatic heterocycles. The number of hydrogen-bond acceptors (Lipinski definition) is 4. The quantitative estimate of drug-likeness (QED) is 0.700. The number of ether oxygens (including phenoxy) is 1. The van der Waals surface area contributed by atoms with Crippen LogP contribution in [0.1, 0.15) is 28.7 Å². The van der Waals surface area contributed by atoms with Gasteiger partial charge in [-0.25, -0.2) is 4.98 Å². The van der Waals surface area contributed by atoms with Crippen LogP contribution in [-0.2, 0) is 29.1 Å². The highest BCUT2D eigenvalue weighted by Gasteiger charge is 2.13. The van der Waals surface area contributed by atoms with Crippen LogP contribution in [0.2, 0.25) is 0 Å². The van der Waals surface area contributed by atoms with Gasteiger partial charge in [0, 0.05) is 12.0 Å². The number of hydrogen-bond donors (Lipinski definition) is 1. The van der Waals surface area contributed by atoms with E-state index in [2.05, 4.69) is 4.98 Å². The molecule has 2 N–H and O–H groups in total. The van der Waals surface area contributed by atoms with Gasteiger partial charge in [0.15, 0.2) is 0 Å². The van der Waals surface area contributed by atoms with E-state index >= 15 is 0 Å². The number of amides is 1. The summed E-state index contributed by atoms with van der Waals surface area (Å²) in [6.07, 6.45) is 0.733. The largest absolute Gasteiger partial charge is 0.459 e. The number of aromatic nitrogens is 2. The van der Waals surface area contributed by atoms with Crippen LogP contribution >= 0.6 is 0 Å². The Bertz CT molecular complexity index is 913. The first-order chi connectivity index (χ1) is 12.1. The summed E-state index contributed by atoms with van der Waals surface area (Å²) in [5.74, 6) is 0.0309. The average Bonchev–Trinajstić information content (AvgIpc) is 2.98. The van der Waals surface area contributed by atoms with Crippen molar-refractivity contribution in [3.8, 4) is 0 Å². The maximum Gasteiger partial charge on any atom is 0.326 e. The molecule has 6 heteroatoms. The van der Waals surface area contributed by atoms with Crippen molar-refractivity contribution in [3.63, 3.8) is 0 Å². The lowest BCUT2D eigenvalue weighted by molar-refractivity contribution is -0.145. The molecule has 0 bridgehead atoms. The van der Waals surface area contributed by atoms with Gasteiger partial charge in [0.25, 0.3) is 0 Å². The number of para-hydroxylation sites is 2. The summed E-state index contributed by atoms with van der Waals surface area (Å²) in [5.41, 5.74) is 8.21.